The van der Waals surface area contributed by atoms with E-state index in [9.17, 15) is 0 Å². The van der Waals surface area contributed by atoms with Gasteiger partial charge in [0.05, 0.1) is 6.10 Å². The average molecular weight is 267 g/mol. The Morgan fingerprint density at radius 2 is 1.68 bits per heavy atom. The number of ether oxygens (including phenoxy) is 1. The Bertz CT molecular complexity index is 316. The fourth-order valence-electron chi connectivity index (χ4n) is 3.82. The minimum atomic E-state index is 0.271. The molecule has 0 saturated carbocycles. The summed E-state index contributed by atoms with van der Waals surface area (Å²) in [5.41, 5.74) is 0.688. The summed E-state index contributed by atoms with van der Waals surface area (Å²) in [6, 6.07) is 0. The van der Waals surface area contributed by atoms with Crippen molar-refractivity contribution in [3.05, 3.63) is 0 Å². The van der Waals surface area contributed by atoms with E-state index in [1.165, 1.54) is 13.0 Å². The lowest BCUT2D eigenvalue weighted by atomic mass is 9.63. The molecular formula is C17H33NO. The van der Waals surface area contributed by atoms with Gasteiger partial charge in [0, 0.05) is 31.2 Å². The van der Waals surface area contributed by atoms with E-state index in [-0.39, 0.29) is 5.54 Å². The van der Waals surface area contributed by atoms with Crippen molar-refractivity contribution in [3.8, 4) is 0 Å². The van der Waals surface area contributed by atoms with E-state index < -0.39 is 0 Å². The van der Waals surface area contributed by atoms with Crippen LogP contribution in [0.15, 0.2) is 0 Å². The second-order valence-corrected chi connectivity index (χ2v) is 8.52. The molecule has 2 rings (SSSR count). The van der Waals surface area contributed by atoms with E-state index >= 15 is 0 Å². The Balaban J connectivity index is 2.16. The molecule has 3 atom stereocenters. The molecule has 0 aromatic rings. The number of likely N-dealkylation sites (tertiary alicyclic amines) is 1. The van der Waals surface area contributed by atoms with Gasteiger partial charge in [-0.1, -0.05) is 27.7 Å². The Morgan fingerprint density at radius 3 is 2.21 bits per heavy atom. The fourth-order valence-corrected chi connectivity index (χ4v) is 3.82. The molecule has 0 bridgehead atoms. The van der Waals surface area contributed by atoms with Gasteiger partial charge < -0.3 is 4.74 Å². The summed E-state index contributed by atoms with van der Waals surface area (Å²) in [4.78, 5) is 2.62. The highest BCUT2D eigenvalue weighted by molar-refractivity contribution is 4.99. The van der Waals surface area contributed by atoms with Crippen LogP contribution in [0.2, 0.25) is 0 Å². The van der Waals surface area contributed by atoms with Gasteiger partial charge in [-0.3, -0.25) is 4.90 Å². The van der Waals surface area contributed by atoms with Crippen LogP contribution >= 0.6 is 0 Å². The van der Waals surface area contributed by atoms with Crippen LogP contribution in [0.5, 0.6) is 0 Å². The van der Waals surface area contributed by atoms with Crippen molar-refractivity contribution in [3.63, 3.8) is 0 Å². The lowest BCUT2D eigenvalue weighted by Crippen LogP contribution is -2.44. The molecule has 3 unspecified atom stereocenters. The second-order valence-electron chi connectivity index (χ2n) is 8.52. The number of hydrogen-bond acceptors (Lipinski definition) is 2. The Labute approximate surface area is 119 Å². The van der Waals surface area contributed by atoms with Crippen LogP contribution in [-0.2, 0) is 4.74 Å². The van der Waals surface area contributed by atoms with Crippen molar-refractivity contribution >= 4 is 0 Å². The summed E-state index contributed by atoms with van der Waals surface area (Å²) in [6.07, 6.45) is 1.71. The molecule has 2 heteroatoms. The Morgan fingerprint density at radius 1 is 1.05 bits per heavy atom. The van der Waals surface area contributed by atoms with Gasteiger partial charge in [0.15, 0.2) is 0 Å². The maximum atomic E-state index is 6.09. The molecule has 2 heterocycles. The molecular weight excluding hydrogens is 234 g/mol. The smallest absolute Gasteiger partial charge is 0.0745 e. The predicted molar refractivity (Wildman–Crippen MR) is 81.3 cm³/mol. The monoisotopic (exact) mass is 267 g/mol. The number of nitrogens with zero attached hydrogens (tertiary/aromatic N) is 1. The van der Waals surface area contributed by atoms with Crippen molar-refractivity contribution in [2.75, 3.05) is 19.7 Å². The lowest BCUT2D eigenvalue weighted by Gasteiger charge is -2.45. The molecule has 0 aliphatic carbocycles. The minimum absolute atomic E-state index is 0.271. The average Bonchev–Trinajstić information content (AvgIpc) is 2.71. The zero-order chi connectivity index (χ0) is 14.4. The van der Waals surface area contributed by atoms with Gasteiger partial charge in [-0.2, -0.15) is 0 Å². The van der Waals surface area contributed by atoms with E-state index in [0.717, 1.165) is 30.9 Å². The van der Waals surface area contributed by atoms with Crippen LogP contribution in [0.25, 0.3) is 0 Å². The molecule has 0 N–H and O–H groups in total. The third-order valence-electron chi connectivity index (χ3n) is 5.98. The normalized spacial score (nSPS) is 33.8. The van der Waals surface area contributed by atoms with Crippen molar-refractivity contribution in [1.82, 2.24) is 4.90 Å². The van der Waals surface area contributed by atoms with Crippen molar-refractivity contribution in [2.24, 2.45) is 23.2 Å². The van der Waals surface area contributed by atoms with E-state index in [4.69, 9.17) is 4.74 Å². The van der Waals surface area contributed by atoms with Gasteiger partial charge in [0.2, 0.25) is 0 Å². The molecule has 0 spiro atoms. The molecule has 0 aromatic heterocycles. The summed E-state index contributed by atoms with van der Waals surface area (Å²) < 4.78 is 6.09. The zero-order valence-corrected chi connectivity index (χ0v) is 14.0. The standard InChI is InChI=1S/C17H33NO/c1-12(2)17(6,7)14-8-9-19-15-11-18(10-13(14)15)16(3,4)5/h12-15H,8-11H2,1-7H3. The van der Waals surface area contributed by atoms with Crippen LogP contribution in [0.3, 0.4) is 0 Å². The van der Waals surface area contributed by atoms with Gasteiger partial charge in [-0.25, -0.2) is 0 Å². The first kappa shape index (κ1) is 15.3. The summed E-state index contributed by atoms with van der Waals surface area (Å²) >= 11 is 0. The first-order valence-electron chi connectivity index (χ1n) is 8.00. The first-order valence-corrected chi connectivity index (χ1v) is 8.00. The Hall–Kier alpha value is -0.0800. The third kappa shape index (κ3) is 2.85. The molecule has 2 aliphatic heterocycles. The molecule has 0 amide bonds. The van der Waals surface area contributed by atoms with Crippen molar-refractivity contribution in [2.45, 2.75) is 66.5 Å². The second kappa shape index (κ2) is 5.04. The maximum absolute atomic E-state index is 6.09. The number of fused-ring (bicyclic) bond motifs is 1. The number of hydrogen-bond donors (Lipinski definition) is 0. The summed E-state index contributed by atoms with van der Waals surface area (Å²) in [5.74, 6) is 2.27. The van der Waals surface area contributed by atoms with E-state index in [1.54, 1.807) is 0 Å². The van der Waals surface area contributed by atoms with Crippen LogP contribution in [0, 0.1) is 23.2 Å². The summed E-state index contributed by atoms with van der Waals surface area (Å²) in [5, 5.41) is 0. The largest absolute Gasteiger partial charge is 0.377 e. The van der Waals surface area contributed by atoms with Gasteiger partial charge in [0.25, 0.3) is 0 Å². The summed E-state index contributed by atoms with van der Waals surface area (Å²) in [7, 11) is 0. The molecule has 0 aromatic carbocycles. The molecule has 2 saturated heterocycles. The van der Waals surface area contributed by atoms with Crippen LogP contribution in [0.4, 0.5) is 0 Å². The lowest BCUT2D eigenvalue weighted by molar-refractivity contribution is -0.0744. The quantitative estimate of drug-likeness (QED) is 0.754. The first-order chi connectivity index (χ1) is 8.64. The van der Waals surface area contributed by atoms with Gasteiger partial charge in [0.1, 0.15) is 0 Å². The highest BCUT2D eigenvalue weighted by Gasteiger charge is 2.49. The van der Waals surface area contributed by atoms with Crippen LogP contribution in [-0.4, -0.2) is 36.2 Å². The van der Waals surface area contributed by atoms with Gasteiger partial charge in [-0.15, -0.1) is 0 Å². The van der Waals surface area contributed by atoms with Gasteiger partial charge >= 0.3 is 0 Å². The van der Waals surface area contributed by atoms with Crippen LogP contribution < -0.4 is 0 Å². The molecule has 2 aliphatic rings. The minimum Gasteiger partial charge on any atom is -0.377 e. The van der Waals surface area contributed by atoms with Crippen LogP contribution in [0.1, 0.15) is 54.9 Å². The highest BCUT2D eigenvalue weighted by Crippen LogP contribution is 2.47. The maximum Gasteiger partial charge on any atom is 0.0745 e. The predicted octanol–water partition coefficient (Wildman–Crippen LogP) is 3.80. The topological polar surface area (TPSA) is 12.5 Å². The summed E-state index contributed by atoms with van der Waals surface area (Å²) in [6.45, 7) is 20.0. The van der Waals surface area contributed by atoms with E-state index in [2.05, 4.69) is 53.4 Å². The fraction of sp³-hybridized carbons (Fsp3) is 1.00. The zero-order valence-electron chi connectivity index (χ0n) is 14.0. The SMILES string of the molecule is CC(C)C(C)(C)C1CCOC2CN(C(C)(C)C)CC21. The van der Waals surface area contributed by atoms with E-state index in [1.807, 2.05) is 0 Å². The van der Waals surface area contributed by atoms with Gasteiger partial charge in [-0.05, 0) is 44.4 Å². The van der Waals surface area contributed by atoms with Crippen molar-refractivity contribution < 1.29 is 4.74 Å². The molecule has 112 valence electrons. The van der Waals surface area contributed by atoms with E-state index in [0.29, 0.717) is 11.5 Å². The highest BCUT2D eigenvalue weighted by atomic mass is 16.5. The molecule has 0 radical (unpaired) electrons. The van der Waals surface area contributed by atoms with Crippen molar-refractivity contribution in [1.29, 1.82) is 0 Å². The third-order valence-corrected chi connectivity index (χ3v) is 5.98. The molecule has 2 nitrogen and oxygen atoms in total. The number of rotatable bonds is 2. The Kier molecular flexibility index (Phi) is 4.06. The molecule has 2 fully saturated rings. The molecule has 19 heavy (non-hydrogen) atoms.